The van der Waals surface area contributed by atoms with Crippen molar-refractivity contribution in [1.29, 1.82) is 0 Å². The van der Waals surface area contributed by atoms with Crippen LogP contribution >= 0.6 is 23.2 Å². The predicted molar refractivity (Wildman–Crippen MR) is 111 cm³/mol. The van der Waals surface area contributed by atoms with Crippen LogP contribution in [-0.2, 0) is 4.79 Å². The minimum absolute atomic E-state index is 0.108. The summed E-state index contributed by atoms with van der Waals surface area (Å²) in [5.41, 5.74) is 1.63. The minimum Gasteiger partial charge on any atom is -0.497 e. The molecule has 1 aliphatic heterocycles. The summed E-state index contributed by atoms with van der Waals surface area (Å²) in [6, 6.07) is 12.9. The third kappa shape index (κ3) is 4.67. The van der Waals surface area contributed by atoms with E-state index in [4.69, 9.17) is 27.9 Å². The molecule has 0 unspecified atom stereocenters. The van der Waals surface area contributed by atoms with Crippen LogP contribution < -0.4 is 15.0 Å². The number of rotatable bonds is 5. The molecule has 5 nitrogen and oxygen atoms in total. The summed E-state index contributed by atoms with van der Waals surface area (Å²) in [5, 5.41) is 3.73. The van der Waals surface area contributed by atoms with Crippen molar-refractivity contribution in [2.24, 2.45) is 0 Å². The van der Waals surface area contributed by atoms with E-state index in [1.807, 2.05) is 19.1 Å². The van der Waals surface area contributed by atoms with Crippen LogP contribution in [-0.4, -0.2) is 50.1 Å². The van der Waals surface area contributed by atoms with Gasteiger partial charge in [0.25, 0.3) is 0 Å². The second kappa shape index (κ2) is 8.83. The number of halogens is 2. The highest BCUT2D eigenvalue weighted by Crippen LogP contribution is 2.30. The van der Waals surface area contributed by atoms with Crippen LogP contribution in [0.2, 0.25) is 10.0 Å². The number of para-hydroxylation sites is 1. The number of ether oxygens (including phenoxy) is 1. The predicted octanol–water partition coefficient (Wildman–Crippen LogP) is 4.15. The van der Waals surface area contributed by atoms with Crippen LogP contribution in [0.4, 0.5) is 11.4 Å². The summed E-state index contributed by atoms with van der Waals surface area (Å²) >= 11 is 12.3. The summed E-state index contributed by atoms with van der Waals surface area (Å²) < 4.78 is 5.21. The van der Waals surface area contributed by atoms with Crippen molar-refractivity contribution in [3.63, 3.8) is 0 Å². The molecule has 144 valence electrons. The number of amides is 1. The maximum absolute atomic E-state index is 12.6. The van der Waals surface area contributed by atoms with Gasteiger partial charge in [0.1, 0.15) is 5.75 Å². The molecule has 1 N–H and O–H groups in total. The van der Waals surface area contributed by atoms with Crippen molar-refractivity contribution in [3.8, 4) is 5.75 Å². The molecule has 3 rings (SSSR count). The van der Waals surface area contributed by atoms with E-state index in [9.17, 15) is 4.79 Å². The molecule has 0 saturated carbocycles. The Morgan fingerprint density at radius 1 is 1.04 bits per heavy atom. The Morgan fingerprint density at radius 2 is 1.63 bits per heavy atom. The molecule has 1 saturated heterocycles. The minimum atomic E-state index is -0.268. The Morgan fingerprint density at radius 3 is 2.19 bits per heavy atom. The van der Waals surface area contributed by atoms with E-state index in [1.165, 1.54) is 0 Å². The Bertz CT molecular complexity index is 770. The van der Waals surface area contributed by atoms with Gasteiger partial charge in [-0.1, -0.05) is 29.3 Å². The van der Waals surface area contributed by atoms with E-state index < -0.39 is 0 Å². The lowest BCUT2D eigenvalue weighted by Gasteiger charge is -2.38. The number of carbonyl (C=O) groups is 1. The van der Waals surface area contributed by atoms with E-state index in [0.29, 0.717) is 15.7 Å². The van der Waals surface area contributed by atoms with Crippen molar-refractivity contribution in [2.75, 3.05) is 43.5 Å². The molecule has 0 aromatic heterocycles. The van der Waals surface area contributed by atoms with E-state index in [1.54, 1.807) is 25.3 Å². The zero-order valence-corrected chi connectivity index (χ0v) is 16.9. The fourth-order valence-electron chi connectivity index (χ4n) is 3.17. The van der Waals surface area contributed by atoms with Crippen molar-refractivity contribution in [1.82, 2.24) is 4.90 Å². The number of hydrogen-bond donors (Lipinski definition) is 1. The summed E-state index contributed by atoms with van der Waals surface area (Å²) in [5.74, 6) is 0.740. The topological polar surface area (TPSA) is 44.8 Å². The van der Waals surface area contributed by atoms with Crippen LogP contribution in [0, 0.1) is 0 Å². The molecule has 2 aromatic carbocycles. The van der Waals surface area contributed by atoms with E-state index in [0.717, 1.165) is 37.6 Å². The third-order valence-electron chi connectivity index (χ3n) is 4.89. The number of methoxy groups -OCH3 is 1. The first-order valence-electron chi connectivity index (χ1n) is 8.87. The number of nitrogens with one attached hydrogen (secondary N) is 1. The molecule has 27 heavy (non-hydrogen) atoms. The maximum Gasteiger partial charge on any atom is 0.241 e. The quantitative estimate of drug-likeness (QED) is 0.808. The van der Waals surface area contributed by atoms with Gasteiger partial charge in [-0.25, -0.2) is 0 Å². The summed E-state index contributed by atoms with van der Waals surface area (Å²) in [7, 11) is 1.66. The number of nitrogens with zero attached hydrogens (tertiary/aromatic N) is 2. The van der Waals surface area contributed by atoms with E-state index in [-0.39, 0.29) is 11.9 Å². The lowest BCUT2D eigenvalue weighted by Crippen LogP contribution is -2.52. The third-order valence-corrected chi connectivity index (χ3v) is 5.52. The highest BCUT2D eigenvalue weighted by atomic mass is 35.5. The standard InChI is InChI=1S/C20H23Cl2N3O2/c1-14(20(26)23-19-17(21)4-3-5-18(19)22)24-10-12-25(13-11-24)15-6-8-16(27-2)9-7-15/h3-9,14H,10-13H2,1-2H3,(H,23,26)/t14-/m0/s1. The van der Waals surface area contributed by atoms with Gasteiger partial charge in [0.2, 0.25) is 5.91 Å². The van der Waals surface area contributed by atoms with Crippen LogP contribution in [0.25, 0.3) is 0 Å². The normalized spacial score (nSPS) is 16.1. The molecular weight excluding hydrogens is 385 g/mol. The Labute approximate surface area is 169 Å². The first-order valence-corrected chi connectivity index (χ1v) is 9.63. The van der Waals surface area contributed by atoms with E-state index in [2.05, 4.69) is 27.2 Å². The summed E-state index contributed by atoms with van der Waals surface area (Å²) in [6.45, 7) is 5.23. The van der Waals surface area contributed by atoms with Gasteiger partial charge in [0, 0.05) is 31.9 Å². The largest absolute Gasteiger partial charge is 0.497 e. The molecule has 1 atom stereocenters. The smallest absolute Gasteiger partial charge is 0.241 e. The molecule has 0 spiro atoms. The van der Waals surface area contributed by atoms with Gasteiger partial charge in [-0.05, 0) is 43.3 Å². The van der Waals surface area contributed by atoms with Crippen molar-refractivity contribution in [3.05, 3.63) is 52.5 Å². The average molecular weight is 408 g/mol. The number of piperazine rings is 1. The maximum atomic E-state index is 12.6. The molecule has 0 bridgehead atoms. The fraction of sp³-hybridized carbons (Fsp3) is 0.350. The lowest BCUT2D eigenvalue weighted by molar-refractivity contribution is -0.120. The van der Waals surface area contributed by atoms with Gasteiger partial charge in [0.05, 0.1) is 28.9 Å². The zero-order chi connectivity index (χ0) is 19.4. The molecule has 7 heteroatoms. The monoisotopic (exact) mass is 407 g/mol. The highest BCUT2D eigenvalue weighted by molar-refractivity contribution is 6.39. The molecule has 0 aliphatic carbocycles. The fourth-order valence-corrected chi connectivity index (χ4v) is 3.66. The Hall–Kier alpha value is -1.95. The number of anilines is 2. The molecule has 1 fully saturated rings. The average Bonchev–Trinajstić information content (AvgIpc) is 2.70. The van der Waals surface area contributed by atoms with Crippen molar-refractivity contribution >= 4 is 40.5 Å². The van der Waals surface area contributed by atoms with Gasteiger partial charge < -0.3 is 15.0 Å². The highest BCUT2D eigenvalue weighted by Gasteiger charge is 2.26. The molecule has 1 amide bonds. The van der Waals surface area contributed by atoms with Gasteiger partial charge >= 0.3 is 0 Å². The SMILES string of the molecule is COc1ccc(N2CCN([C@@H](C)C(=O)Nc3c(Cl)cccc3Cl)CC2)cc1. The van der Waals surface area contributed by atoms with Gasteiger partial charge in [-0.15, -0.1) is 0 Å². The number of carbonyl (C=O) groups excluding carboxylic acids is 1. The van der Waals surface area contributed by atoms with Crippen LogP contribution in [0.3, 0.4) is 0 Å². The van der Waals surface area contributed by atoms with Crippen LogP contribution in [0.5, 0.6) is 5.75 Å². The molecule has 2 aromatic rings. The lowest BCUT2D eigenvalue weighted by atomic mass is 10.2. The second-order valence-electron chi connectivity index (χ2n) is 6.48. The molecule has 0 radical (unpaired) electrons. The number of hydrogen-bond acceptors (Lipinski definition) is 4. The molecular formula is C20H23Cl2N3O2. The first-order chi connectivity index (χ1) is 13.0. The number of benzene rings is 2. The van der Waals surface area contributed by atoms with Crippen LogP contribution in [0.1, 0.15) is 6.92 Å². The van der Waals surface area contributed by atoms with Gasteiger partial charge in [-0.3, -0.25) is 9.69 Å². The summed E-state index contributed by atoms with van der Waals surface area (Å²) in [4.78, 5) is 17.1. The van der Waals surface area contributed by atoms with Gasteiger partial charge in [0.15, 0.2) is 0 Å². The van der Waals surface area contributed by atoms with E-state index >= 15 is 0 Å². The van der Waals surface area contributed by atoms with Gasteiger partial charge in [-0.2, -0.15) is 0 Å². The first kappa shape index (κ1) is 19.8. The van der Waals surface area contributed by atoms with Crippen LogP contribution in [0.15, 0.2) is 42.5 Å². The molecule has 1 aliphatic rings. The second-order valence-corrected chi connectivity index (χ2v) is 7.30. The van der Waals surface area contributed by atoms with Crippen molar-refractivity contribution in [2.45, 2.75) is 13.0 Å². The van der Waals surface area contributed by atoms with Crippen molar-refractivity contribution < 1.29 is 9.53 Å². The summed E-state index contributed by atoms with van der Waals surface area (Å²) in [6.07, 6.45) is 0. The Kier molecular flexibility index (Phi) is 6.47. The molecule has 1 heterocycles. The zero-order valence-electron chi connectivity index (χ0n) is 15.4. The Balaban J connectivity index is 1.57.